The number of halogens is 1. The summed E-state index contributed by atoms with van der Waals surface area (Å²) in [6.45, 7) is 4.86. The fourth-order valence-corrected chi connectivity index (χ4v) is 1.61. The molecule has 1 unspecified atom stereocenters. The van der Waals surface area contributed by atoms with Crippen LogP contribution in [0.15, 0.2) is 16.6 Å². The Morgan fingerprint density at radius 2 is 2.20 bits per heavy atom. The maximum absolute atomic E-state index is 5.54. The number of hydrogen-bond donors (Lipinski definition) is 1. The predicted octanol–water partition coefficient (Wildman–Crippen LogP) is 2.33. The standard InChI is InChI=1S/C11H18BrN3/c1-8(6-7-13)15(3)11-5-4-10(12)9(2)14-11/h4-5,8H,6-7,13H2,1-3H3. The van der Waals surface area contributed by atoms with Crippen molar-refractivity contribution in [2.75, 3.05) is 18.5 Å². The molecular weight excluding hydrogens is 254 g/mol. The van der Waals surface area contributed by atoms with Gasteiger partial charge in [-0.1, -0.05) is 0 Å². The monoisotopic (exact) mass is 271 g/mol. The maximum Gasteiger partial charge on any atom is 0.128 e. The van der Waals surface area contributed by atoms with Gasteiger partial charge in [0.05, 0.1) is 5.69 Å². The Bertz CT molecular complexity index is 328. The molecule has 0 amide bonds. The van der Waals surface area contributed by atoms with Crippen molar-refractivity contribution in [3.05, 3.63) is 22.3 Å². The number of nitrogens with two attached hydrogens (primary N) is 1. The first-order chi connectivity index (χ1) is 7.06. The van der Waals surface area contributed by atoms with Gasteiger partial charge in [0.1, 0.15) is 5.82 Å². The molecule has 0 saturated carbocycles. The van der Waals surface area contributed by atoms with Gasteiger partial charge in [-0.2, -0.15) is 0 Å². The molecule has 0 fully saturated rings. The number of rotatable bonds is 4. The molecule has 2 N–H and O–H groups in total. The molecule has 1 rings (SSSR count). The van der Waals surface area contributed by atoms with E-state index >= 15 is 0 Å². The summed E-state index contributed by atoms with van der Waals surface area (Å²) in [5, 5.41) is 0. The molecule has 1 aromatic heterocycles. The number of aromatic nitrogens is 1. The van der Waals surface area contributed by atoms with Crippen molar-refractivity contribution < 1.29 is 0 Å². The van der Waals surface area contributed by atoms with Crippen molar-refractivity contribution in [2.45, 2.75) is 26.3 Å². The molecule has 0 aromatic carbocycles. The molecule has 1 atom stereocenters. The Morgan fingerprint density at radius 1 is 1.53 bits per heavy atom. The quantitative estimate of drug-likeness (QED) is 0.914. The molecule has 0 saturated heterocycles. The van der Waals surface area contributed by atoms with Crippen LogP contribution in [0.2, 0.25) is 0 Å². The molecule has 0 aliphatic carbocycles. The summed E-state index contributed by atoms with van der Waals surface area (Å²) in [4.78, 5) is 6.67. The topological polar surface area (TPSA) is 42.2 Å². The van der Waals surface area contributed by atoms with Crippen LogP contribution < -0.4 is 10.6 Å². The first-order valence-electron chi connectivity index (χ1n) is 5.12. The summed E-state index contributed by atoms with van der Waals surface area (Å²) < 4.78 is 1.05. The molecule has 3 nitrogen and oxygen atoms in total. The van der Waals surface area contributed by atoms with Crippen molar-refractivity contribution in [2.24, 2.45) is 5.73 Å². The molecular formula is C11H18BrN3. The smallest absolute Gasteiger partial charge is 0.128 e. The first kappa shape index (κ1) is 12.5. The van der Waals surface area contributed by atoms with Gasteiger partial charge >= 0.3 is 0 Å². The minimum Gasteiger partial charge on any atom is -0.357 e. The highest BCUT2D eigenvalue weighted by molar-refractivity contribution is 9.10. The van der Waals surface area contributed by atoms with Gasteiger partial charge in [-0.05, 0) is 54.9 Å². The molecule has 0 bridgehead atoms. The molecule has 0 aliphatic rings. The van der Waals surface area contributed by atoms with Crippen LogP contribution in [0.25, 0.3) is 0 Å². The van der Waals surface area contributed by atoms with E-state index in [9.17, 15) is 0 Å². The minimum atomic E-state index is 0.420. The predicted molar refractivity (Wildman–Crippen MR) is 68.2 cm³/mol. The van der Waals surface area contributed by atoms with Crippen molar-refractivity contribution in [3.63, 3.8) is 0 Å². The highest BCUT2D eigenvalue weighted by Gasteiger charge is 2.10. The third-order valence-corrected chi connectivity index (χ3v) is 3.45. The fourth-order valence-electron chi connectivity index (χ4n) is 1.39. The number of pyridine rings is 1. The zero-order valence-electron chi connectivity index (χ0n) is 9.50. The maximum atomic E-state index is 5.54. The number of nitrogens with zero attached hydrogens (tertiary/aromatic N) is 2. The molecule has 15 heavy (non-hydrogen) atoms. The van der Waals surface area contributed by atoms with E-state index in [1.807, 2.05) is 19.1 Å². The second-order valence-electron chi connectivity index (χ2n) is 3.77. The second-order valence-corrected chi connectivity index (χ2v) is 4.63. The van der Waals surface area contributed by atoms with E-state index in [2.05, 4.69) is 39.8 Å². The van der Waals surface area contributed by atoms with E-state index in [4.69, 9.17) is 5.73 Å². The third kappa shape index (κ3) is 3.18. The number of aryl methyl sites for hydroxylation is 1. The summed E-state index contributed by atoms with van der Waals surface area (Å²) >= 11 is 3.45. The van der Waals surface area contributed by atoms with Crippen molar-refractivity contribution >= 4 is 21.7 Å². The van der Waals surface area contributed by atoms with Crippen molar-refractivity contribution in [1.82, 2.24) is 4.98 Å². The van der Waals surface area contributed by atoms with Crippen molar-refractivity contribution in [1.29, 1.82) is 0 Å². The summed E-state index contributed by atoms with van der Waals surface area (Å²) in [5.74, 6) is 0.997. The van der Waals surface area contributed by atoms with Gasteiger partial charge in [-0.15, -0.1) is 0 Å². The Kier molecular flexibility index (Phi) is 4.54. The first-order valence-corrected chi connectivity index (χ1v) is 5.91. The molecule has 1 aromatic rings. The highest BCUT2D eigenvalue weighted by Crippen LogP contribution is 2.19. The zero-order chi connectivity index (χ0) is 11.4. The van der Waals surface area contributed by atoms with Gasteiger partial charge in [-0.3, -0.25) is 0 Å². The molecule has 84 valence electrons. The normalized spacial score (nSPS) is 12.6. The summed E-state index contributed by atoms with van der Waals surface area (Å²) in [6.07, 6.45) is 0.979. The van der Waals surface area contributed by atoms with Gasteiger partial charge in [0.2, 0.25) is 0 Å². The van der Waals surface area contributed by atoms with E-state index in [0.29, 0.717) is 12.6 Å². The Hall–Kier alpha value is -0.610. The summed E-state index contributed by atoms with van der Waals surface area (Å²) in [5.41, 5.74) is 6.56. The zero-order valence-corrected chi connectivity index (χ0v) is 11.1. The lowest BCUT2D eigenvalue weighted by atomic mass is 10.2. The SMILES string of the molecule is Cc1nc(N(C)C(C)CCN)ccc1Br. The lowest BCUT2D eigenvalue weighted by Gasteiger charge is -2.25. The van der Waals surface area contributed by atoms with E-state index in [0.717, 1.165) is 22.4 Å². The lowest BCUT2D eigenvalue weighted by molar-refractivity contribution is 0.629. The molecule has 4 heteroatoms. The van der Waals surface area contributed by atoms with E-state index in [1.165, 1.54) is 0 Å². The largest absolute Gasteiger partial charge is 0.357 e. The van der Waals surface area contributed by atoms with Crippen LogP contribution in [0.4, 0.5) is 5.82 Å². The summed E-state index contributed by atoms with van der Waals surface area (Å²) in [6, 6.07) is 4.47. The Labute approximate surface area is 99.8 Å². The van der Waals surface area contributed by atoms with Gasteiger partial charge in [0.15, 0.2) is 0 Å². The van der Waals surface area contributed by atoms with E-state index in [-0.39, 0.29) is 0 Å². The third-order valence-electron chi connectivity index (χ3n) is 2.61. The van der Waals surface area contributed by atoms with Gasteiger partial charge < -0.3 is 10.6 Å². The second kappa shape index (κ2) is 5.47. The molecule has 0 radical (unpaired) electrons. The van der Waals surface area contributed by atoms with Crippen LogP contribution in [0.5, 0.6) is 0 Å². The average Bonchev–Trinajstić information content (AvgIpc) is 2.21. The van der Waals surface area contributed by atoms with Crippen molar-refractivity contribution in [3.8, 4) is 0 Å². The number of hydrogen-bond acceptors (Lipinski definition) is 3. The minimum absolute atomic E-state index is 0.420. The molecule has 0 aliphatic heterocycles. The van der Waals surface area contributed by atoms with Crippen LogP contribution in [0.3, 0.4) is 0 Å². The van der Waals surface area contributed by atoms with E-state index < -0.39 is 0 Å². The van der Waals surface area contributed by atoms with Crippen LogP contribution in [0, 0.1) is 6.92 Å². The van der Waals surface area contributed by atoms with Crippen LogP contribution >= 0.6 is 15.9 Å². The number of anilines is 1. The molecule has 1 heterocycles. The Morgan fingerprint density at radius 3 is 2.73 bits per heavy atom. The van der Waals surface area contributed by atoms with Gasteiger partial charge in [0.25, 0.3) is 0 Å². The summed E-state index contributed by atoms with van der Waals surface area (Å²) in [7, 11) is 2.05. The highest BCUT2D eigenvalue weighted by atomic mass is 79.9. The van der Waals surface area contributed by atoms with Gasteiger partial charge in [0, 0.05) is 17.6 Å². The fraction of sp³-hybridized carbons (Fsp3) is 0.545. The average molecular weight is 272 g/mol. The van der Waals surface area contributed by atoms with Crippen LogP contribution in [-0.2, 0) is 0 Å². The van der Waals surface area contributed by atoms with Crippen LogP contribution in [0.1, 0.15) is 19.0 Å². The Balaban J connectivity index is 2.81. The van der Waals surface area contributed by atoms with Gasteiger partial charge in [-0.25, -0.2) is 4.98 Å². The molecule has 0 spiro atoms. The van der Waals surface area contributed by atoms with E-state index in [1.54, 1.807) is 0 Å². The van der Waals surface area contributed by atoms with Crippen LogP contribution in [-0.4, -0.2) is 24.6 Å². The lowest BCUT2D eigenvalue weighted by Crippen LogP contribution is -2.31.